The Kier molecular flexibility index (Phi) is 7.83. The van der Waals surface area contributed by atoms with Gasteiger partial charge < -0.3 is 5.32 Å². The van der Waals surface area contributed by atoms with E-state index < -0.39 is 0 Å². The molecule has 0 fully saturated rings. The second-order valence-corrected chi connectivity index (χ2v) is 12.5. The molecule has 0 aliphatic carbocycles. The van der Waals surface area contributed by atoms with Crippen molar-refractivity contribution in [1.29, 1.82) is 0 Å². The van der Waals surface area contributed by atoms with Gasteiger partial charge in [-0.3, -0.25) is 14.5 Å². The molecule has 1 N–H and O–H groups in total. The first kappa shape index (κ1) is 27.0. The highest BCUT2D eigenvalue weighted by molar-refractivity contribution is 8.00. The maximum Gasteiger partial charge on any atom is 0.240 e. The normalized spacial score (nSPS) is 16.1. The molecule has 0 radical (unpaired) electrons. The van der Waals surface area contributed by atoms with Crippen LogP contribution in [0.4, 0.5) is 5.82 Å². The molecular weight excluding hydrogens is 480 g/mol. The number of rotatable bonds is 6. The van der Waals surface area contributed by atoms with E-state index in [2.05, 4.69) is 71.1 Å². The van der Waals surface area contributed by atoms with Gasteiger partial charge in [-0.15, -0.1) is 11.8 Å². The molecule has 2 heterocycles. The minimum absolute atomic E-state index is 0.0409. The maximum absolute atomic E-state index is 13.7. The molecule has 1 atom stereocenters. The number of benzene rings is 2. The molecule has 0 unspecified atom stereocenters. The number of nitrogens with one attached hydrogen (secondary N) is 1. The van der Waals surface area contributed by atoms with Crippen molar-refractivity contribution in [2.24, 2.45) is 5.92 Å². The van der Waals surface area contributed by atoms with E-state index in [1.54, 1.807) is 16.7 Å². The zero-order chi connectivity index (χ0) is 26.9. The van der Waals surface area contributed by atoms with Gasteiger partial charge in [-0.2, -0.15) is 5.10 Å². The van der Waals surface area contributed by atoms with E-state index in [1.165, 1.54) is 5.56 Å². The fourth-order valence-electron chi connectivity index (χ4n) is 4.55. The lowest BCUT2D eigenvalue weighted by atomic mass is 9.87. The molecule has 2 amide bonds. The summed E-state index contributed by atoms with van der Waals surface area (Å²) in [7, 11) is 0. The van der Waals surface area contributed by atoms with Crippen LogP contribution < -0.4 is 10.2 Å². The fourth-order valence-corrected chi connectivity index (χ4v) is 5.74. The van der Waals surface area contributed by atoms with Gasteiger partial charge in [0.1, 0.15) is 12.4 Å². The molecule has 6 nitrogen and oxygen atoms in total. The molecule has 0 bridgehead atoms. The third kappa shape index (κ3) is 5.93. The van der Waals surface area contributed by atoms with E-state index in [1.807, 2.05) is 35.9 Å². The van der Waals surface area contributed by atoms with Crippen LogP contribution in [-0.2, 0) is 15.0 Å². The number of aryl methyl sites for hydroxylation is 2. The zero-order valence-corrected chi connectivity index (χ0v) is 23.8. The molecule has 196 valence electrons. The van der Waals surface area contributed by atoms with Gasteiger partial charge in [0.15, 0.2) is 0 Å². The number of nitrogens with zero attached hydrogens (tertiary/aromatic N) is 3. The van der Waals surface area contributed by atoms with Crippen LogP contribution in [0.1, 0.15) is 67.8 Å². The second-order valence-electron chi connectivity index (χ2n) is 11.4. The predicted octanol–water partition coefficient (Wildman–Crippen LogP) is 5.73. The largest absolute Gasteiger partial charge is 0.354 e. The third-order valence-corrected chi connectivity index (χ3v) is 7.69. The molecule has 3 aromatic rings. The van der Waals surface area contributed by atoms with Gasteiger partial charge in [-0.1, -0.05) is 82.1 Å². The van der Waals surface area contributed by atoms with Crippen molar-refractivity contribution in [3.05, 3.63) is 76.5 Å². The monoisotopic (exact) mass is 518 g/mol. The SMILES string of the molecule is Cc1ccc(-n2nc(C(C)(C)C)c3c2N(CC(=O)NCC(C)C)C(=O)CS[C@H]3c2cccc(C)c2)cc1. The van der Waals surface area contributed by atoms with Crippen LogP contribution >= 0.6 is 11.8 Å². The quantitative estimate of drug-likeness (QED) is 0.453. The summed E-state index contributed by atoms with van der Waals surface area (Å²) in [5.74, 6) is 1.04. The minimum Gasteiger partial charge on any atom is -0.354 e. The predicted molar refractivity (Wildman–Crippen MR) is 153 cm³/mol. The zero-order valence-electron chi connectivity index (χ0n) is 23.0. The van der Waals surface area contributed by atoms with Crippen molar-refractivity contribution in [3.63, 3.8) is 0 Å². The molecule has 0 saturated carbocycles. The summed E-state index contributed by atoms with van der Waals surface area (Å²) in [6.07, 6.45) is 0. The molecule has 1 aromatic heterocycles. The Bertz CT molecular complexity index is 1290. The number of hydrogen-bond acceptors (Lipinski definition) is 4. The summed E-state index contributed by atoms with van der Waals surface area (Å²) in [4.78, 5) is 28.4. The van der Waals surface area contributed by atoms with Crippen molar-refractivity contribution in [1.82, 2.24) is 15.1 Å². The molecule has 4 rings (SSSR count). The first-order chi connectivity index (χ1) is 17.5. The first-order valence-corrected chi connectivity index (χ1v) is 14.0. The van der Waals surface area contributed by atoms with E-state index in [-0.39, 0.29) is 34.8 Å². The summed E-state index contributed by atoms with van der Waals surface area (Å²) < 4.78 is 1.87. The third-order valence-electron chi connectivity index (χ3n) is 6.43. The summed E-state index contributed by atoms with van der Waals surface area (Å²) in [5, 5.41) is 8.05. The Morgan fingerprint density at radius 2 is 1.81 bits per heavy atom. The molecule has 2 aromatic carbocycles. The number of anilines is 1. The van der Waals surface area contributed by atoms with Crippen LogP contribution in [0.25, 0.3) is 5.69 Å². The summed E-state index contributed by atoms with van der Waals surface area (Å²) >= 11 is 1.61. The van der Waals surface area contributed by atoms with Crippen LogP contribution in [-0.4, -0.2) is 40.4 Å². The van der Waals surface area contributed by atoms with E-state index in [4.69, 9.17) is 5.10 Å². The van der Waals surface area contributed by atoms with Crippen molar-refractivity contribution < 1.29 is 9.59 Å². The topological polar surface area (TPSA) is 67.2 Å². The average molecular weight is 519 g/mol. The summed E-state index contributed by atoms with van der Waals surface area (Å²) in [5.41, 5.74) is 5.99. The van der Waals surface area contributed by atoms with Gasteiger partial charge in [0, 0.05) is 17.5 Å². The van der Waals surface area contributed by atoms with Crippen LogP contribution in [0.2, 0.25) is 0 Å². The number of fused-ring (bicyclic) bond motifs is 1. The number of carbonyl (C=O) groups excluding carboxylic acids is 2. The van der Waals surface area contributed by atoms with Crippen molar-refractivity contribution in [2.45, 2.75) is 59.1 Å². The highest BCUT2D eigenvalue weighted by Gasteiger charge is 2.39. The molecule has 0 saturated heterocycles. The van der Waals surface area contributed by atoms with Gasteiger partial charge in [-0.05, 0) is 37.5 Å². The molecular formula is C30H38N4O2S. The second kappa shape index (κ2) is 10.7. The highest BCUT2D eigenvalue weighted by atomic mass is 32.2. The molecule has 37 heavy (non-hydrogen) atoms. The lowest BCUT2D eigenvalue weighted by Gasteiger charge is -2.25. The number of carbonyl (C=O) groups is 2. The summed E-state index contributed by atoms with van der Waals surface area (Å²) in [6.45, 7) is 15.2. The minimum atomic E-state index is -0.276. The van der Waals surface area contributed by atoms with Gasteiger partial charge in [0.2, 0.25) is 11.8 Å². The van der Waals surface area contributed by atoms with Gasteiger partial charge in [0.05, 0.1) is 22.4 Å². The van der Waals surface area contributed by atoms with Crippen molar-refractivity contribution in [2.75, 3.05) is 23.7 Å². The molecule has 1 aliphatic heterocycles. The lowest BCUT2D eigenvalue weighted by Crippen LogP contribution is -2.43. The van der Waals surface area contributed by atoms with E-state index in [0.717, 1.165) is 28.1 Å². The maximum atomic E-state index is 13.7. The molecule has 0 spiro atoms. The number of hydrogen-bond donors (Lipinski definition) is 1. The lowest BCUT2D eigenvalue weighted by molar-refractivity contribution is -0.123. The Morgan fingerprint density at radius 1 is 1.11 bits per heavy atom. The standard InChI is InChI=1S/C30H38N4O2S/c1-19(2)16-31-24(35)17-33-25(36)18-37-27(22-10-8-9-21(4)15-22)26-28(30(5,6)7)32-34(29(26)33)23-13-11-20(3)12-14-23/h8-15,19,27H,16-18H2,1-7H3,(H,31,35)/t27-/m0/s1. The Morgan fingerprint density at radius 3 is 2.43 bits per heavy atom. The van der Waals surface area contributed by atoms with Gasteiger partial charge in [0.25, 0.3) is 0 Å². The van der Waals surface area contributed by atoms with Crippen LogP contribution in [0.3, 0.4) is 0 Å². The van der Waals surface area contributed by atoms with Crippen LogP contribution in [0.15, 0.2) is 48.5 Å². The van der Waals surface area contributed by atoms with Crippen LogP contribution in [0.5, 0.6) is 0 Å². The highest BCUT2D eigenvalue weighted by Crippen LogP contribution is 2.48. The van der Waals surface area contributed by atoms with Gasteiger partial charge in [-0.25, -0.2) is 4.68 Å². The van der Waals surface area contributed by atoms with Crippen LogP contribution in [0, 0.1) is 19.8 Å². The van der Waals surface area contributed by atoms with E-state index >= 15 is 0 Å². The first-order valence-electron chi connectivity index (χ1n) is 12.9. The van der Waals surface area contributed by atoms with Crippen molar-refractivity contribution >= 4 is 29.4 Å². The Balaban J connectivity index is 1.96. The molecule has 7 heteroatoms. The summed E-state index contributed by atoms with van der Waals surface area (Å²) in [6, 6.07) is 16.6. The average Bonchev–Trinajstić information content (AvgIpc) is 3.16. The number of aromatic nitrogens is 2. The van der Waals surface area contributed by atoms with Crippen molar-refractivity contribution in [3.8, 4) is 5.69 Å². The number of thioether (sulfide) groups is 1. The number of amides is 2. The van der Waals surface area contributed by atoms with Gasteiger partial charge >= 0.3 is 0 Å². The molecule has 1 aliphatic rings. The Hall–Kier alpha value is -3.06. The Labute approximate surface area is 224 Å². The van der Waals surface area contributed by atoms with E-state index in [0.29, 0.717) is 18.3 Å². The smallest absolute Gasteiger partial charge is 0.240 e. The van der Waals surface area contributed by atoms with E-state index in [9.17, 15) is 9.59 Å². The fraction of sp³-hybridized carbons (Fsp3) is 0.433.